The van der Waals surface area contributed by atoms with Crippen molar-refractivity contribution in [2.45, 2.75) is 19.8 Å². The van der Waals surface area contributed by atoms with E-state index in [2.05, 4.69) is 9.97 Å². The molecule has 0 atom stereocenters. The van der Waals surface area contributed by atoms with Crippen LogP contribution in [0.5, 0.6) is 0 Å². The van der Waals surface area contributed by atoms with Crippen LogP contribution in [-0.2, 0) is 6.42 Å². The summed E-state index contributed by atoms with van der Waals surface area (Å²) < 4.78 is 0. The summed E-state index contributed by atoms with van der Waals surface area (Å²) in [6.07, 6.45) is 1.43. The van der Waals surface area contributed by atoms with Gasteiger partial charge in [-0.2, -0.15) is 0 Å². The van der Waals surface area contributed by atoms with Crippen molar-refractivity contribution >= 4 is 29.0 Å². The van der Waals surface area contributed by atoms with E-state index in [1.54, 1.807) is 18.2 Å². The first kappa shape index (κ1) is 13.9. The molecule has 0 aliphatic rings. The summed E-state index contributed by atoms with van der Waals surface area (Å²) in [5, 5.41) is 0.947. The minimum Gasteiger partial charge on any atom is -0.383 e. The number of nitrogens with one attached hydrogen (secondary N) is 1. The average molecular weight is 298 g/mol. The van der Waals surface area contributed by atoms with Crippen LogP contribution in [0.2, 0.25) is 10.0 Å². The third kappa shape index (κ3) is 3.08. The van der Waals surface area contributed by atoms with Crippen LogP contribution >= 0.6 is 23.2 Å². The molecule has 0 saturated carbocycles. The van der Waals surface area contributed by atoms with E-state index < -0.39 is 0 Å². The fourth-order valence-corrected chi connectivity index (χ4v) is 2.36. The van der Waals surface area contributed by atoms with Crippen molar-refractivity contribution in [1.29, 1.82) is 0 Å². The molecule has 4 nitrogen and oxygen atoms in total. The number of H-pyrrole nitrogens is 1. The highest BCUT2D eigenvalue weighted by Crippen LogP contribution is 2.25. The van der Waals surface area contributed by atoms with Crippen molar-refractivity contribution in [1.82, 2.24) is 9.97 Å². The lowest BCUT2D eigenvalue weighted by atomic mass is 10.1. The van der Waals surface area contributed by atoms with E-state index in [0.29, 0.717) is 33.4 Å². The molecule has 0 fully saturated rings. The van der Waals surface area contributed by atoms with Gasteiger partial charge in [0.2, 0.25) is 0 Å². The first-order chi connectivity index (χ1) is 9.01. The van der Waals surface area contributed by atoms with Crippen molar-refractivity contribution in [2.24, 2.45) is 0 Å². The lowest BCUT2D eigenvalue weighted by Gasteiger charge is -2.07. The number of nitrogen functional groups attached to an aromatic ring is 1. The zero-order chi connectivity index (χ0) is 14.0. The van der Waals surface area contributed by atoms with Gasteiger partial charge in [-0.3, -0.25) is 4.79 Å². The number of nitrogens with zero attached hydrogens (tertiary/aromatic N) is 1. The summed E-state index contributed by atoms with van der Waals surface area (Å²) in [6.45, 7) is 1.98. The molecule has 0 amide bonds. The molecular weight excluding hydrogens is 285 g/mol. The lowest BCUT2D eigenvalue weighted by molar-refractivity contribution is 0.892. The van der Waals surface area contributed by atoms with Gasteiger partial charge in [-0.05, 0) is 24.6 Å². The fraction of sp³-hybridized carbons (Fsp3) is 0.231. The van der Waals surface area contributed by atoms with Gasteiger partial charge < -0.3 is 10.7 Å². The van der Waals surface area contributed by atoms with Crippen LogP contribution in [0.4, 0.5) is 5.82 Å². The number of aromatic nitrogens is 2. The van der Waals surface area contributed by atoms with Gasteiger partial charge in [-0.1, -0.05) is 36.5 Å². The van der Waals surface area contributed by atoms with Crippen molar-refractivity contribution in [3.05, 3.63) is 44.2 Å². The Labute approximate surface area is 120 Å². The number of hydrogen-bond donors (Lipinski definition) is 2. The molecule has 2 rings (SSSR count). The molecule has 0 bridgehead atoms. The average Bonchev–Trinajstić information content (AvgIpc) is 2.32. The lowest BCUT2D eigenvalue weighted by Crippen LogP contribution is -2.18. The van der Waals surface area contributed by atoms with E-state index in [1.165, 1.54) is 0 Å². The highest BCUT2D eigenvalue weighted by atomic mass is 35.5. The van der Waals surface area contributed by atoms with Crippen LogP contribution in [0.25, 0.3) is 11.4 Å². The van der Waals surface area contributed by atoms with Crippen molar-refractivity contribution < 1.29 is 0 Å². The predicted octanol–water partition coefficient (Wildman–Crippen LogP) is 3.28. The molecule has 0 aliphatic heterocycles. The van der Waals surface area contributed by atoms with E-state index in [4.69, 9.17) is 28.9 Å². The number of halogens is 2. The van der Waals surface area contributed by atoms with Gasteiger partial charge in [0.05, 0.1) is 5.56 Å². The topological polar surface area (TPSA) is 71.8 Å². The summed E-state index contributed by atoms with van der Waals surface area (Å²) in [6, 6.07) is 4.95. The number of nitrogens with two attached hydrogens (primary N) is 1. The van der Waals surface area contributed by atoms with Gasteiger partial charge in [0, 0.05) is 15.6 Å². The van der Waals surface area contributed by atoms with Crippen LogP contribution in [0.1, 0.15) is 18.9 Å². The predicted molar refractivity (Wildman–Crippen MR) is 78.7 cm³/mol. The summed E-state index contributed by atoms with van der Waals surface area (Å²) in [4.78, 5) is 18.9. The smallest absolute Gasteiger partial charge is 0.256 e. The Hall–Kier alpha value is -1.52. The van der Waals surface area contributed by atoms with Gasteiger partial charge >= 0.3 is 0 Å². The minimum atomic E-state index is -0.222. The van der Waals surface area contributed by atoms with E-state index in [0.717, 1.165) is 6.42 Å². The molecule has 19 heavy (non-hydrogen) atoms. The van der Waals surface area contributed by atoms with Crippen LogP contribution < -0.4 is 11.3 Å². The molecule has 100 valence electrons. The van der Waals surface area contributed by atoms with Crippen molar-refractivity contribution in [3.8, 4) is 11.4 Å². The molecule has 1 heterocycles. The third-order valence-corrected chi connectivity index (χ3v) is 3.12. The van der Waals surface area contributed by atoms with E-state index in [1.807, 2.05) is 6.92 Å². The van der Waals surface area contributed by atoms with Crippen LogP contribution in [0.15, 0.2) is 23.0 Å². The van der Waals surface area contributed by atoms with Gasteiger partial charge in [0.25, 0.3) is 5.56 Å². The monoisotopic (exact) mass is 297 g/mol. The Morgan fingerprint density at radius 1 is 1.26 bits per heavy atom. The quantitative estimate of drug-likeness (QED) is 0.913. The Morgan fingerprint density at radius 3 is 2.42 bits per heavy atom. The van der Waals surface area contributed by atoms with E-state index in [9.17, 15) is 4.79 Å². The molecule has 0 spiro atoms. The maximum atomic E-state index is 12.0. The van der Waals surface area contributed by atoms with Crippen molar-refractivity contribution in [2.75, 3.05) is 5.73 Å². The van der Waals surface area contributed by atoms with Crippen LogP contribution in [0.3, 0.4) is 0 Å². The molecule has 6 heteroatoms. The molecule has 1 aromatic carbocycles. The number of benzene rings is 1. The maximum Gasteiger partial charge on any atom is 0.256 e. The number of hydrogen-bond acceptors (Lipinski definition) is 3. The van der Waals surface area contributed by atoms with Gasteiger partial charge in [-0.15, -0.1) is 0 Å². The minimum absolute atomic E-state index is 0.222. The molecule has 3 N–H and O–H groups in total. The Balaban J connectivity index is 2.55. The maximum absolute atomic E-state index is 12.0. The number of rotatable bonds is 3. The fourth-order valence-electron chi connectivity index (χ4n) is 1.83. The summed E-state index contributed by atoms with van der Waals surface area (Å²) in [5.74, 6) is 0.614. The molecule has 2 aromatic rings. The Bertz CT molecular complexity index is 647. The van der Waals surface area contributed by atoms with Gasteiger partial charge in [0.15, 0.2) is 0 Å². The highest BCUT2D eigenvalue weighted by Gasteiger charge is 2.10. The highest BCUT2D eigenvalue weighted by molar-refractivity contribution is 6.35. The van der Waals surface area contributed by atoms with Gasteiger partial charge in [-0.25, -0.2) is 4.98 Å². The Morgan fingerprint density at radius 2 is 1.89 bits per heavy atom. The summed E-state index contributed by atoms with van der Waals surface area (Å²) >= 11 is 11.9. The first-order valence-corrected chi connectivity index (χ1v) is 6.62. The van der Waals surface area contributed by atoms with E-state index >= 15 is 0 Å². The standard InChI is InChI=1S/C13H13Cl2N3O/c1-2-3-10-11(16)17-12(18-13(10)19)7-4-8(14)6-9(15)5-7/h4-6H,2-3H2,1H3,(H3,16,17,18,19). The van der Waals surface area contributed by atoms with Crippen LogP contribution in [0, 0.1) is 0 Å². The Kier molecular flexibility index (Phi) is 4.12. The third-order valence-electron chi connectivity index (χ3n) is 2.68. The zero-order valence-electron chi connectivity index (χ0n) is 10.3. The van der Waals surface area contributed by atoms with Crippen LogP contribution in [-0.4, -0.2) is 9.97 Å². The number of anilines is 1. The molecule has 0 unspecified atom stereocenters. The second kappa shape index (κ2) is 5.63. The SMILES string of the molecule is CCCc1c(N)nc(-c2cc(Cl)cc(Cl)c2)[nH]c1=O. The second-order valence-corrected chi connectivity index (χ2v) is 5.06. The molecule has 0 saturated heterocycles. The zero-order valence-corrected chi connectivity index (χ0v) is 11.8. The summed E-state index contributed by atoms with van der Waals surface area (Å²) in [5.41, 5.74) is 6.75. The van der Waals surface area contributed by atoms with Gasteiger partial charge in [0.1, 0.15) is 11.6 Å². The largest absolute Gasteiger partial charge is 0.383 e. The first-order valence-electron chi connectivity index (χ1n) is 5.86. The van der Waals surface area contributed by atoms with E-state index in [-0.39, 0.29) is 11.4 Å². The molecular formula is C13H13Cl2N3O. The molecule has 1 aromatic heterocycles. The molecule has 0 radical (unpaired) electrons. The normalized spacial score (nSPS) is 10.7. The second-order valence-electron chi connectivity index (χ2n) is 4.19. The molecule has 0 aliphatic carbocycles. The number of aromatic amines is 1. The van der Waals surface area contributed by atoms with Crippen molar-refractivity contribution in [3.63, 3.8) is 0 Å². The summed E-state index contributed by atoms with van der Waals surface area (Å²) in [7, 11) is 0.